The second-order valence-corrected chi connectivity index (χ2v) is 3.65. The first-order chi connectivity index (χ1) is 6.40. The third kappa shape index (κ3) is 1.91. The Morgan fingerprint density at radius 3 is 2.77 bits per heavy atom. The van der Waals surface area contributed by atoms with Crippen molar-refractivity contribution in [2.45, 2.75) is 44.6 Å². The molecule has 0 atom stereocenters. The van der Waals surface area contributed by atoms with E-state index in [1.165, 1.54) is 32.1 Å². The molecule has 0 unspecified atom stereocenters. The number of nitrogens with zero attached hydrogens (tertiary/aromatic N) is 1. The molecular formula is C10H15NO2. The van der Waals surface area contributed by atoms with Crippen LogP contribution in [0.3, 0.4) is 0 Å². The molecule has 1 heterocycles. The predicted octanol–water partition coefficient (Wildman–Crippen LogP) is 2.21. The van der Waals surface area contributed by atoms with Gasteiger partial charge in [0, 0.05) is 5.92 Å². The lowest BCUT2D eigenvalue weighted by atomic mass is 9.88. The zero-order chi connectivity index (χ0) is 9.10. The van der Waals surface area contributed by atoms with Crippen LogP contribution in [0.2, 0.25) is 0 Å². The molecule has 0 amide bonds. The lowest BCUT2D eigenvalue weighted by Crippen LogP contribution is -2.02. The molecule has 3 nitrogen and oxygen atoms in total. The molecule has 0 saturated heterocycles. The van der Waals surface area contributed by atoms with E-state index in [0.29, 0.717) is 11.8 Å². The Morgan fingerprint density at radius 1 is 1.38 bits per heavy atom. The highest BCUT2D eigenvalue weighted by Crippen LogP contribution is 2.32. The van der Waals surface area contributed by atoms with Crippen molar-refractivity contribution in [3.8, 4) is 0 Å². The van der Waals surface area contributed by atoms with Crippen LogP contribution in [0.5, 0.6) is 0 Å². The number of aromatic nitrogens is 1. The molecule has 3 heteroatoms. The molecule has 2 rings (SSSR count). The number of hydrogen-bond acceptors (Lipinski definition) is 3. The van der Waals surface area contributed by atoms with Crippen molar-refractivity contribution in [1.29, 1.82) is 0 Å². The van der Waals surface area contributed by atoms with Crippen LogP contribution in [-0.2, 0) is 6.61 Å². The van der Waals surface area contributed by atoms with Gasteiger partial charge in [-0.05, 0) is 12.8 Å². The van der Waals surface area contributed by atoms with Crippen LogP contribution in [0.4, 0.5) is 0 Å². The maximum Gasteiger partial charge on any atom is 0.220 e. The van der Waals surface area contributed by atoms with Crippen LogP contribution in [0, 0.1) is 0 Å². The standard InChI is InChI=1S/C10H15NO2/c12-7-10-11-6-9(13-10)8-4-2-1-3-5-8/h6,8,12H,1-5,7H2. The van der Waals surface area contributed by atoms with E-state index in [2.05, 4.69) is 4.98 Å². The number of rotatable bonds is 2. The minimum Gasteiger partial charge on any atom is -0.443 e. The summed E-state index contributed by atoms with van der Waals surface area (Å²) in [5, 5.41) is 8.79. The normalized spacial score (nSPS) is 19.2. The van der Waals surface area contributed by atoms with Crippen molar-refractivity contribution >= 4 is 0 Å². The second kappa shape index (κ2) is 3.92. The summed E-state index contributed by atoms with van der Waals surface area (Å²) in [6, 6.07) is 0. The van der Waals surface area contributed by atoms with Crippen molar-refractivity contribution in [3.63, 3.8) is 0 Å². The zero-order valence-electron chi connectivity index (χ0n) is 7.70. The van der Waals surface area contributed by atoms with Gasteiger partial charge in [0.2, 0.25) is 5.89 Å². The van der Waals surface area contributed by atoms with Gasteiger partial charge < -0.3 is 9.52 Å². The van der Waals surface area contributed by atoms with E-state index in [4.69, 9.17) is 9.52 Å². The maximum absolute atomic E-state index is 8.79. The van der Waals surface area contributed by atoms with Crippen LogP contribution in [0.25, 0.3) is 0 Å². The molecule has 0 aromatic carbocycles. The Kier molecular flexibility index (Phi) is 2.64. The molecule has 0 aliphatic heterocycles. The zero-order valence-corrected chi connectivity index (χ0v) is 7.70. The predicted molar refractivity (Wildman–Crippen MR) is 48.3 cm³/mol. The summed E-state index contributed by atoms with van der Waals surface area (Å²) in [6.45, 7) is -0.0906. The first-order valence-corrected chi connectivity index (χ1v) is 4.95. The van der Waals surface area contributed by atoms with Crippen molar-refractivity contribution < 1.29 is 9.52 Å². The molecule has 1 N–H and O–H groups in total. The van der Waals surface area contributed by atoms with Crippen LogP contribution in [0.1, 0.15) is 49.7 Å². The van der Waals surface area contributed by atoms with Gasteiger partial charge in [-0.25, -0.2) is 4.98 Å². The Balaban J connectivity index is 2.05. The van der Waals surface area contributed by atoms with E-state index in [0.717, 1.165) is 5.76 Å². The van der Waals surface area contributed by atoms with Gasteiger partial charge in [-0.1, -0.05) is 19.3 Å². The van der Waals surface area contributed by atoms with Crippen LogP contribution in [0.15, 0.2) is 10.6 Å². The smallest absolute Gasteiger partial charge is 0.220 e. The number of oxazole rings is 1. The lowest BCUT2D eigenvalue weighted by molar-refractivity contribution is 0.231. The summed E-state index contributed by atoms with van der Waals surface area (Å²) in [4.78, 5) is 3.99. The van der Waals surface area contributed by atoms with Gasteiger partial charge in [0.05, 0.1) is 6.20 Å². The maximum atomic E-state index is 8.79. The van der Waals surface area contributed by atoms with Gasteiger partial charge in [-0.15, -0.1) is 0 Å². The van der Waals surface area contributed by atoms with Crippen LogP contribution in [-0.4, -0.2) is 10.1 Å². The monoisotopic (exact) mass is 181 g/mol. The van der Waals surface area contributed by atoms with Gasteiger partial charge in [-0.3, -0.25) is 0 Å². The summed E-state index contributed by atoms with van der Waals surface area (Å²) in [5.41, 5.74) is 0. The molecule has 1 aliphatic carbocycles. The molecule has 13 heavy (non-hydrogen) atoms. The third-order valence-corrected chi connectivity index (χ3v) is 2.71. The Hall–Kier alpha value is -0.830. The van der Waals surface area contributed by atoms with Crippen molar-refractivity contribution in [1.82, 2.24) is 4.98 Å². The highest BCUT2D eigenvalue weighted by Gasteiger charge is 2.19. The van der Waals surface area contributed by atoms with E-state index >= 15 is 0 Å². The molecule has 0 bridgehead atoms. The molecule has 0 radical (unpaired) electrons. The fourth-order valence-electron chi connectivity index (χ4n) is 1.97. The van der Waals surface area contributed by atoms with Crippen molar-refractivity contribution in [3.05, 3.63) is 17.8 Å². The summed E-state index contributed by atoms with van der Waals surface area (Å²) in [7, 11) is 0. The topological polar surface area (TPSA) is 46.3 Å². The van der Waals surface area contributed by atoms with Gasteiger partial charge in [-0.2, -0.15) is 0 Å². The first kappa shape index (κ1) is 8.75. The quantitative estimate of drug-likeness (QED) is 0.760. The largest absolute Gasteiger partial charge is 0.443 e. The molecule has 1 aliphatic rings. The molecule has 1 fully saturated rings. The number of aliphatic hydroxyl groups is 1. The van der Waals surface area contributed by atoms with Gasteiger partial charge >= 0.3 is 0 Å². The summed E-state index contributed by atoms with van der Waals surface area (Å²) >= 11 is 0. The molecule has 1 saturated carbocycles. The summed E-state index contributed by atoms with van der Waals surface area (Å²) in [6.07, 6.45) is 8.11. The SMILES string of the molecule is OCc1ncc(C2CCCCC2)o1. The molecule has 1 aromatic rings. The lowest BCUT2D eigenvalue weighted by Gasteiger charge is -2.18. The average molecular weight is 181 g/mol. The molecular weight excluding hydrogens is 166 g/mol. The van der Waals surface area contributed by atoms with E-state index in [1.807, 2.05) is 0 Å². The van der Waals surface area contributed by atoms with E-state index in [-0.39, 0.29) is 6.61 Å². The fourth-order valence-corrected chi connectivity index (χ4v) is 1.97. The Morgan fingerprint density at radius 2 is 2.15 bits per heavy atom. The van der Waals surface area contributed by atoms with E-state index in [1.54, 1.807) is 6.20 Å². The third-order valence-electron chi connectivity index (χ3n) is 2.71. The average Bonchev–Trinajstić information content (AvgIpc) is 2.67. The Labute approximate surface area is 77.8 Å². The van der Waals surface area contributed by atoms with Crippen LogP contribution < -0.4 is 0 Å². The van der Waals surface area contributed by atoms with Gasteiger partial charge in [0.15, 0.2) is 0 Å². The minimum atomic E-state index is -0.0906. The highest BCUT2D eigenvalue weighted by atomic mass is 16.4. The molecule has 72 valence electrons. The van der Waals surface area contributed by atoms with Gasteiger partial charge in [0.1, 0.15) is 12.4 Å². The summed E-state index contributed by atoms with van der Waals surface area (Å²) < 4.78 is 5.41. The van der Waals surface area contributed by atoms with E-state index < -0.39 is 0 Å². The number of hydrogen-bond donors (Lipinski definition) is 1. The molecule has 1 aromatic heterocycles. The van der Waals surface area contributed by atoms with Gasteiger partial charge in [0.25, 0.3) is 0 Å². The van der Waals surface area contributed by atoms with Crippen molar-refractivity contribution in [2.75, 3.05) is 0 Å². The number of aliphatic hydroxyl groups excluding tert-OH is 1. The Bertz CT molecular complexity index is 264. The first-order valence-electron chi connectivity index (χ1n) is 4.95. The fraction of sp³-hybridized carbons (Fsp3) is 0.700. The second-order valence-electron chi connectivity index (χ2n) is 3.65. The minimum absolute atomic E-state index is 0.0906. The molecule has 0 spiro atoms. The summed E-state index contributed by atoms with van der Waals surface area (Å²) in [5.74, 6) is 1.95. The van der Waals surface area contributed by atoms with E-state index in [9.17, 15) is 0 Å². The highest BCUT2D eigenvalue weighted by molar-refractivity contribution is 5.02. The van der Waals surface area contributed by atoms with Crippen molar-refractivity contribution in [2.24, 2.45) is 0 Å². The van der Waals surface area contributed by atoms with Crippen LogP contribution >= 0.6 is 0 Å².